The lowest BCUT2D eigenvalue weighted by atomic mass is 10.1. The van der Waals surface area contributed by atoms with Crippen LogP contribution in [0.3, 0.4) is 0 Å². The number of ether oxygens (including phenoxy) is 1. The van der Waals surface area contributed by atoms with E-state index in [0.29, 0.717) is 22.0 Å². The number of fused-ring (bicyclic) bond motifs is 1. The molecule has 13 heteroatoms. The van der Waals surface area contributed by atoms with Gasteiger partial charge in [0.25, 0.3) is 0 Å². The molecule has 0 atom stereocenters. The minimum atomic E-state index is -4.50. The summed E-state index contributed by atoms with van der Waals surface area (Å²) in [6.45, 7) is 0. The minimum absolute atomic E-state index is 0.00109. The largest absolute Gasteiger partial charge is 0.478 e. The van der Waals surface area contributed by atoms with Crippen molar-refractivity contribution in [1.82, 2.24) is 9.97 Å². The first-order chi connectivity index (χ1) is 20.0. The third-order valence-corrected chi connectivity index (χ3v) is 7.11. The van der Waals surface area contributed by atoms with Crippen LogP contribution in [-0.2, 0) is 15.8 Å². The van der Waals surface area contributed by atoms with Gasteiger partial charge in [0.2, 0.25) is 5.91 Å². The summed E-state index contributed by atoms with van der Waals surface area (Å²) < 4.78 is 44.7. The number of benzene rings is 3. The lowest BCUT2D eigenvalue weighted by molar-refractivity contribution is -0.137. The number of amides is 1. The summed E-state index contributed by atoms with van der Waals surface area (Å²) in [6.07, 6.45) is -1.39. The van der Waals surface area contributed by atoms with Crippen molar-refractivity contribution < 1.29 is 32.6 Å². The summed E-state index contributed by atoms with van der Waals surface area (Å²) in [5.74, 6) is -1.08. The molecule has 0 saturated heterocycles. The predicted molar refractivity (Wildman–Crippen MR) is 155 cm³/mol. The van der Waals surface area contributed by atoms with Gasteiger partial charge >= 0.3 is 12.1 Å². The van der Waals surface area contributed by atoms with E-state index in [1.165, 1.54) is 29.8 Å². The van der Waals surface area contributed by atoms with Gasteiger partial charge in [-0.25, -0.2) is 14.8 Å². The van der Waals surface area contributed by atoms with Gasteiger partial charge in [-0.15, -0.1) is 11.3 Å². The van der Waals surface area contributed by atoms with Gasteiger partial charge in [0.05, 0.1) is 16.0 Å². The topological polar surface area (TPSA) is 113 Å². The molecule has 3 N–H and O–H groups in total. The molecule has 0 spiro atoms. The maximum Gasteiger partial charge on any atom is 0.416 e. The highest BCUT2D eigenvalue weighted by Gasteiger charge is 2.30. The molecule has 0 radical (unpaired) electrons. The van der Waals surface area contributed by atoms with Crippen molar-refractivity contribution in [2.24, 2.45) is 0 Å². The Kier molecular flexibility index (Phi) is 8.09. The Balaban J connectivity index is 1.32. The van der Waals surface area contributed by atoms with Crippen molar-refractivity contribution in [3.8, 4) is 21.9 Å². The zero-order chi connectivity index (χ0) is 29.9. The number of thiophene rings is 1. The Morgan fingerprint density at radius 1 is 0.952 bits per heavy atom. The van der Waals surface area contributed by atoms with Gasteiger partial charge in [0, 0.05) is 28.4 Å². The Labute approximate surface area is 245 Å². The van der Waals surface area contributed by atoms with Gasteiger partial charge in [0.15, 0.2) is 0 Å². The molecule has 5 aromatic rings. The molecule has 0 fully saturated rings. The van der Waals surface area contributed by atoms with E-state index in [-0.39, 0.29) is 16.5 Å². The highest BCUT2D eigenvalue weighted by molar-refractivity contribution is 7.21. The molecule has 0 aliphatic heterocycles. The summed E-state index contributed by atoms with van der Waals surface area (Å²) in [4.78, 5) is 32.7. The Bertz CT molecular complexity index is 1820. The number of alkyl halides is 3. The average molecular weight is 611 g/mol. The second kappa shape index (κ2) is 11.9. The maximum atomic E-state index is 13.0. The normalized spacial score (nSPS) is 11.5. The first-order valence-electron chi connectivity index (χ1n) is 12.0. The molecule has 2 aromatic heterocycles. The molecule has 5 rings (SSSR count). The summed E-state index contributed by atoms with van der Waals surface area (Å²) in [7, 11) is 0. The summed E-state index contributed by atoms with van der Waals surface area (Å²) in [6, 6.07) is 18.2. The molecule has 3 aromatic carbocycles. The number of carbonyl (C=O) groups is 2. The molecule has 0 unspecified atom stereocenters. The quantitative estimate of drug-likeness (QED) is 0.152. The van der Waals surface area contributed by atoms with Crippen LogP contribution in [0.1, 0.15) is 5.56 Å². The van der Waals surface area contributed by atoms with Crippen molar-refractivity contribution in [3.63, 3.8) is 0 Å². The van der Waals surface area contributed by atoms with Crippen LogP contribution in [0.2, 0.25) is 5.02 Å². The van der Waals surface area contributed by atoms with Crippen LogP contribution in [-0.4, -0.2) is 27.0 Å². The van der Waals surface area contributed by atoms with Crippen LogP contribution in [0.25, 0.3) is 20.7 Å². The van der Waals surface area contributed by atoms with E-state index in [4.69, 9.17) is 21.4 Å². The number of hydrogen-bond donors (Lipinski definition) is 3. The zero-order valence-corrected chi connectivity index (χ0v) is 22.7. The van der Waals surface area contributed by atoms with E-state index >= 15 is 0 Å². The molecular weight excluding hydrogens is 593 g/mol. The first kappa shape index (κ1) is 28.6. The first-order valence-corrected chi connectivity index (χ1v) is 13.2. The minimum Gasteiger partial charge on any atom is -0.478 e. The fourth-order valence-corrected chi connectivity index (χ4v) is 5.03. The number of anilines is 3. The number of nitrogens with zero attached hydrogens (tertiary/aromatic N) is 2. The van der Waals surface area contributed by atoms with E-state index < -0.39 is 23.6 Å². The van der Waals surface area contributed by atoms with Gasteiger partial charge in [-0.1, -0.05) is 29.8 Å². The second-order valence-electron chi connectivity index (χ2n) is 8.69. The van der Waals surface area contributed by atoms with Crippen molar-refractivity contribution in [2.45, 2.75) is 6.18 Å². The smallest absolute Gasteiger partial charge is 0.416 e. The average Bonchev–Trinajstić information content (AvgIpc) is 3.39. The third kappa shape index (κ3) is 6.85. The monoisotopic (exact) mass is 610 g/mol. The van der Waals surface area contributed by atoms with E-state index in [9.17, 15) is 22.8 Å². The van der Waals surface area contributed by atoms with E-state index in [0.717, 1.165) is 40.1 Å². The number of aromatic nitrogens is 2. The van der Waals surface area contributed by atoms with Crippen LogP contribution in [0.5, 0.6) is 11.5 Å². The number of carboxylic acids is 1. The number of hydrogen-bond acceptors (Lipinski definition) is 7. The number of aliphatic carboxylic acids is 1. The Morgan fingerprint density at radius 3 is 2.43 bits per heavy atom. The van der Waals surface area contributed by atoms with Gasteiger partial charge < -0.3 is 20.5 Å². The fraction of sp³-hybridized carbons (Fsp3) is 0.0345. The van der Waals surface area contributed by atoms with Gasteiger partial charge in [-0.05, 0) is 60.2 Å². The highest BCUT2D eigenvalue weighted by Crippen LogP contribution is 2.38. The molecule has 8 nitrogen and oxygen atoms in total. The van der Waals surface area contributed by atoms with Crippen LogP contribution in [0.4, 0.5) is 30.4 Å². The van der Waals surface area contributed by atoms with E-state index in [1.54, 1.807) is 30.3 Å². The molecule has 42 heavy (non-hydrogen) atoms. The molecule has 0 saturated carbocycles. The Morgan fingerprint density at radius 2 is 1.71 bits per heavy atom. The summed E-state index contributed by atoms with van der Waals surface area (Å²) in [5, 5.41) is 15.3. The van der Waals surface area contributed by atoms with Crippen LogP contribution >= 0.6 is 22.9 Å². The second-order valence-corrected chi connectivity index (χ2v) is 10.1. The maximum absolute atomic E-state index is 13.0. The number of nitrogens with one attached hydrogen (secondary N) is 2. The van der Waals surface area contributed by atoms with E-state index in [2.05, 4.69) is 20.6 Å². The van der Waals surface area contributed by atoms with Crippen molar-refractivity contribution >= 4 is 62.2 Å². The number of carbonyl (C=O) groups excluding carboxylic acids is 1. The summed E-state index contributed by atoms with van der Waals surface area (Å²) >= 11 is 7.81. The lowest BCUT2D eigenvalue weighted by Gasteiger charge is -2.12. The van der Waals surface area contributed by atoms with Crippen LogP contribution in [0, 0.1) is 0 Å². The van der Waals surface area contributed by atoms with Gasteiger partial charge in [-0.2, -0.15) is 13.2 Å². The van der Waals surface area contributed by atoms with Crippen molar-refractivity contribution in [2.75, 3.05) is 10.6 Å². The van der Waals surface area contributed by atoms with Crippen molar-refractivity contribution in [3.05, 3.63) is 102 Å². The highest BCUT2D eigenvalue weighted by atomic mass is 35.5. The van der Waals surface area contributed by atoms with E-state index in [1.807, 2.05) is 18.2 Å². The van der Waals surface area contributed by atoms with Gasteiger partial charge in [0.1, 0.15) is 28.5 Å². The zero-order valence-electron chi connectivity index (χ0n) is 21.1. The molecule has 0 bridgehead atoms. The molecular formula is C29H18ClF3N4O4S. The van der Waals surface area contributed by atoms with Crippen LogP contribution < -0.4 is 15.4 Å². The summed E-state index contributed by atoms with van der Waals surface area (Å²) in [5.41, 5.74) is 1.10. The molecule has 0 aliphatic rings. The van der Waals surface area contributed by atoms with Crippen molar-refractivity contribution in [1.29, 1.82) is 0 Å². The molecule has 2 heterocycles. The SMILES string of the molecule is O=C(O)/C=C\C(=O)Nc1ccc(-c2cc3c(Nc4ccc(Oc5cccc(C(F)(F)F)c5)c(Cl)c4)ncnc3s2)cc1. The Hall–Kier alpha value is -4.94. The van der Waals surface area contributed by atoms with Gasteiger partial charge in [-0.3, -0.25) is 4.79 Å². The fourth-order valence-electron chi connectivity index (χ4n) is 3.81. The number of rotatable bonds is 8. The molecule has 212 valence electrons. The predicted octanol–water partition coefficient (Wildman–Crippen LogP) is 8.15. The lowest BCUT2D eigenvalue weighted by Crippen LogP contribution is -2.08. The molecule has 0 aliphatic carbocycles. The number of carboxylic acid groups (broad SMARTS) is 1. The van der Waals surface area contributed by atoms with Crippen LogP contribution in [0.15, 0.2) is 91.3 Å². The molecule has 1 amide bonds. The third-order valence-electron chi connectivity index (χ3n) is 5.73. The number of halogens is 4. The standard InChI is InChI=1S/C29H18ClF3N4O4S/c30-22-13-19(8-9-23(22)41-20-3-1-2-17(12-20)29(31,32)33)37-27-21-14-24(42-28(21)35-15-34-27)16-4-6-18(7-5-16)36-25(38)10-11-26(39)40/h1-15H,(H,36,38)(H,39,40)(H,34,35,37)/b11-10-.